The van der Waals surface area contributed by atoms with Crippen molar-refractivity contribution in [3.05, 3.63) is 29.8 Å². The SMILES string of the molecule is CC(=O)NCCC(=O)NC1CCN(S(C)(=O)=O)c2ccccc21. The fourth-order valence-corrected chi connectivity index (χ4v) is 3.61. The second-order valence-electron chi connectivity index (χ2n) is 5.54. The van der Waals surface area contributed by atoms with Crippen molar-refractivity contribution in [1.29, 1.82) is 0 Å². The summed E-state index contributed by atoms with van der Waals surface area (Å²) in [5, 5.41) is 5.48. The Hall–Kier alpha value is -2.09. The predicted octanol–water partition coefficient (Wildman–Crippen LogP) is 0.540. The molecule has 2 amide bonds. The smallest absolute Gasteiger partial charge is 0.232 e. The first kappa shape index (κ1) is 17.3. The molecule has 0 saturated heterocycles. The van der Waals surface area contributed by atoms with Gasteiger partial charge in [-0.2, -0.15) is 0 Å². The fraction of sp³-hybridized carbons (Fsp3) is 0.467. The Morgan fingerprint density at radius 3 is 2.65 bits per heavy atom. The van der Waals surface area contributed by atoms with Crippen LogP contribution in [0.1, 0.15) is 31.4 Å². The van der Waals surface area contributed by atoms with Crippen LogP contribution in [0.5, 0.6) is 0 Å². The Bertz CT molecular complexity index is 702. The van der Waals surface area contributed by atoms with E-state index in [4.69, 9.17) is 0 Å². The van der Waals surface area contributed by atoms with Crippen LogP contribution in [0, 0.1) is 0 Å². The van der Waals surface area contributed by atoms with Gasteiger partial charge in [-0.05, 0) is 18.1 Å². The number of sulfonamides is 1. The minimum atomic E-state index is -3.34. The first-order valence-corrected chi connectivity index (χ1v) is 9.24. The lowest BCUT2D eigenvalue weighted by atomic mass is 9.98. The predicted molar refractivity (Wildman–Crippen MR) is 87.4 cm³/mol. The van der Waals surface area contributed by atoms with Crippen molar-refractivity contribution in [3.8, 4) is 0 Å². The highest BCUT2D eigenvalue weighted by Gasteiger charge is 2.30. The number of anilines is 1. The first-order chi connectivity index (χ1) is 10.8. The summed E-state index contributed by atoms with van der Waals surface area (Å²) in [5.41, 5.74) is 1.39. The minimum Gasteiger partial charge on any atom is -0.356 e. The zero-order valence-electron chi connectivity index (χ0n) is 13.2. The van der Waals surface area contributed by atoms with Crippen LogP contribution in [0.2, 0.25) is 0 Å². The van der Waals surface area contributed by atoms with Gasteiger partial charge in [0.05, 0.1) is 18.0 Å². The zero-order chi connectivity index (χ0) is 17.0. The molecule has 8 heteroatoms. The van der Waals surface area contributed by atoms with Crippen LogP contribution < -0.4 is 14.9 Å². The minimum absolute atomic E-state index is 0.175. The molecule has 0 aromatic heterocycles. The normalized spacial score (nSPS) is 17.3. The van der Waals surface area contributed by atoms with Gasteiger partial charge >= 0.3 is 0 Å². The van der Waals surface area contributed by atoms with Crippen LogP contribution in [0.15, 0.2) is 24.3 Å². The summed E-state index contributed by atoms with van der Waals surface area (Å²) in [6.45, 7) is 2.01. The molecule has 2 rings (SSSR count). The van der Waals surface area contributed by atoms with Gasteiger partial charge in [-0.3, -0.25) is 13.9 Å². The van der Waals surface area contributed by atoms with E-state index in [9.17, 15) is 18.0 Å². The van der Waals surface area contributed by atoms with E-state index in [1.165, 1.54) is 17.5 Å². The molecule has 7 nitrogen and oxygen atoms in total. The van der Waals surface area contributed by atoms with Gasteiger partial charge in [0.15, 0.2) is 0 Å². The van der Waals surface area contributed by atoms with Gasteiger partial charge in [0.25, 0.3) is 0 Å². The van der Waals surface area contributed by atoms with Gasteiger partial charge in [0.2, 0.25) is 21.8 Å². The van der Waals surface area contributed by atoms with Gasteiger partial charge in [0.1, 0.15) is 0 Å². The number of rotatable bonds is 5. The van der Waals surface area contributed by atoms with Gasteiger partial charge in [-0.25, -0.2) is 8.42 Å². The van der Waals surface area contributed by atoms with Gasteiger partial charge in [0, 0.05) is 26.4 Å². The number of amides is 2. The average molecular weight is 339 g/mol. The maximum absolute atomic E-state index is 12.0. The number of nitrogens with zero attached hydrogens (tertiary/aromatic N) is 1. The number of carbonyl (C=O) groups is 2. The second kappa shape index (κ2) is 6.99. The number of nitrogens with one attached hydrogen (secondary N) is 2. The Labute approximate surface area is 136 Å². The van der Waals surface area contributed by atoms with Gasteiger partial charge in [-0.15, -0.1) is 0 Å². The lowest BCUT2D eigenvalue weighted by Crippen LogP contribution is -2.41. The molecular formula is C15H21N3O4S. The van der Waals surface area contributed by atoms with E-state index in [-0.39, 0.29) is 30.8 Å². The fourth-order valence-electron chi connectivity index (χ4n) is 2.64. The molecule has 0 bridgehead atoms. The molecule has 0 aliphatic carbocycles. The molecular weight excluding hydrogens is 318 g/mol. The summed E-state index contributed by atoms with van der Waals surface area (Å²) >= 11 is 0. The quantitative estimate of drug-likeness (QED) is 0.818. The zero-order valence-corrected chi connectivity index (χ0v) is 14.0. The Balaban J connectivity index is 2.10. The molecule has 0 fully saturated rings. The van der Waals surface area contributed by atoms with Gasteiger partial charge < -0.3 is 10.6 Å². The third-order valence-corrected chi connectivity index (χ3v) is 4.84. The van der Waals surface area contributed by atoms with Crippen LogP contribution in [-0.2, 0) is 19.6 Å². The number of carbonyl (C=O) groups excluding carboxylic acids is 2. The third-order valence-electron chi connectivity index (χ3n) is 3.66. The van der Waals surface area contributed by atoms with E-state index < -0.39 is 10.0 Å². The van der Waals surface area contributed by atoms with E-state index in [1.54, 1.807) is 12.1 Å². The molecule has 1 aromatic carbocycles. The van der Waals surface area contributed by atoms with Crippen LogP contribution in [0.4, 0.5) is 5.69 Å². The average Bonchev–Trinajstić information content (AvgIpc) is 2.46. The van der Waals surface area contributed by atoms with Crippen molar-refractivity contribution in [2.24, 2.45) is 0 Å². The molecule has 1 aromatic rings. The molecule has 1 aliphatic rings. The summed E-state index contributed by atoms with van der Waals surface area (Å²) < 4.78 is 25.1. The molecule has 0 spiro atoms. The number of benzene rings is 1. The summed E-state index contributed by atoms with van der Waals surface area (Å²) in [6.07, 6.45) is 1.88. The molecule has 1 unspecified atom stereocenters. The molecule has 1 heterocycles. The van der Waals surface area contributed by atoms with E-state index in [2.05, 4.69) is 10.6 Å². The standard InChI is InChI=1S/C15H21N3O4S/c1-11(19)16-9-7-15(20)17-13-8-10-18(23(2,21)22)14-6-4-3-5-12(13)14/h3-6,13H,7-10H2,1-2H3,(H,16,19)(H,17,20). The number of hydrogen-bond donors (Lipinski definition) is 2. The van der Waals surface area contributed by atoms with Crippen LogP contribution >= 0.6 is 0 Å². The lowest BCUT2D eigenvalue weighted by molar-refractivity contribution is -0.122. The Morgan fingerprint density at radius 1 is 1.30 bits per heavy atom. The highest BCUT2D eigenvalue weighted by atomic mass is 32.2. The summed E-state index contributed by atoms with van der Waals surface area (Å²) in [5.74, 6) is -0.351. The maximum atomic E-state index is 12.0. The molecule has 23 heavy (non-hydrogen) atoms. The lowest BCUT2D eigenvalue weighted by Gasteiger charge is -2.34. The summed E-state index contributed by atoms with van der Waals surface area (Å²) in [4.78, 5) is 22.8. The molecule has 126 valence electrons. The highest BCUT2D eigenvalue weighted by Crippen LogP contribution is 2.34. The van der Waals surface area contributed by atoms with E-state index in [0.717, 1.165) is 5.56 Å². The van der Waals surface area contributed by atoms with Crippen LogP contribution in [0.25, 0.3) is 0 Å². The summed E-state index contributed by atoms with van der Waals surface area (Å²) in [6, 6.07) is 6.94. The van der Waals surface area contributed by atoms with Crippen molar-refractivity contribution in [2.45, 2.75) is 25.8 Å². The molecule has 2 N–H and O–H groups in total. The third kappa shape index (κ3) is 4.44. The van der Waals surface area contributed by atoms with Crippen LogP contribution in [0.3, 0.4) is 0 Å². The van der Waals surface area contributed by atoms with Crippen molar-refractivity contribution in [3.63, 3.8) is 0 Å². The monoisotopic (exact) mass is 339 g/mol. The van der Waals surface area contributed by atoms with Crippen molar-refractivity contribution >= 4 is 27.5 Å². The molecule has 0 radical (unpaired) electrons. The Kier molecular flexibility index (Phi) is 5.25. The van der Waals surface area contributed by atoms with E-state index in [0.29, 0.717) is 18.7 Å². The van der Waals surface area contributed by atoms with E-state index in [1.807, 2.05) is 12.1 Å². The van der Waals surface area contributed by atoms with Gasteiger partial charge in [-0.1, -0.05) is 18.2 Å². The largest absolute Gasteiger partial charge is 0.356 e. The second-order valence-corrected chi connectivity index (χ2v) is 7.44. The van der Waals surface area contributed by atoms with Crippen molar-refractivity contribution in [1.82, 2.24) is 10.6 Å². The first-order valence-electron chi connectivity index (χ1n) is 7.39. The number of para-hydroxylation sites is 1. The highest BCUT2D eigenvalue weighted by molar-refractivity contribution is 7.92. The Morgan fingerprint density at radius 2 is 2.00 bits per heavy atom. The van der Waals surface area contributed by atoms with Crippen molar-refractivity contribution in [2.75, 3.05) is 23.7 Å². The van der Waals surface area contributed by atoms with E-state index >= 15 is 0 Å². The molecule has 1 atom stereocenters. The maximum Gasteiger partial charge on any atom is 0.232 e. The van der Waals surface area contributed by atoms with Crippen LogP contribution in [-0.4, -0.2) is 39.6 Å². The number of hydrogen-bond acceptors (Lipinski definition) is 4. The van der Waals surface area contributed by atoms with Crippen molar-refractivity contribution < 1.29 is 18.0 Å². The molecule has 0 saturated carbocycles. The summed E-state index contributed by atoms with van der Waals surface area (Å²) in [7, 11) is -3.34. The molecule has 1 aliphatic heterocycles. The topological polar surface area (TPSA) is 95.6 Å². The number of fused-ring (bicyclic) bond motifs is 1.